The molecule has 1 heterocycles. The summed E-state index contributed by atoms with van der Waals surface area (Å²) in [5, 5.41) is 6.17. The fourth-order valence-electron chi connectivity index (χ4n) is 3.85. The van der Waals surface area contributed by atoms with Crippen molar-refractivity contribution in [1.82, 2.24) is 10.3 Å². The van der Waals surface area contributed by atoms with Crippen LogP contribution in [0.5, 0.6) is 0 Å². The van der Waals surface area contributed by atoms with E-state index < -0.39 is 0 Å². The fraction of sp³-hybridized carbons (Fsp3) is 0.500. The first-order chi connectivity index (χ1) is 9.79. The standard InChI is InChI=1S/C18H24N2/c1-13-5-3-6-14(11-13)18(19-2)17-8-4-7-15-12-20-10-9-16(15)17/h4,7-10,12-14,18-19H,3,5-6,11H2,1-2H3. The minimum atomic E-state index is 0.462. The Bertz CT molecular complexity index is 573. The second-order valence-electron chi connectivity index (χ2n) is 6.24. The van der Waals surface area contributed by atoms with Gasteiger partial charge in [0, 0.05) is 23.8 Å². The van der Waals surface area contributed by atoms with Crippen molar-refractivity contribution in [2.45, 2.75) is 38.6 Å². The number of nitrogens with one attached hydrogen (secondary N) is 1. The first-order valence-electron chi connectivity index (χ1n) is 7.79. The molecule has 1 fully saturated rings. The number of nitrogens with zero attached hydrogens (tertiary/aromatic N) is 1. The number of aromatic nitrogens is 1. The molecule has 20 heavy (non-hydrogen) atoms. The zero-order valence-corrected chi connectivity index (χ0v) is 12.5. The molecule has 0 radical (unpaired) electrons. The molecule has 2 nitrogen and oxygen atoms in total. The van der Waals surface area contributed by atoms with Crippen molar-refractivity contribution < 1.29 is 0 Å². The molecule has 1 aliphatic carbocycles. The number of benzene rings is 1. The minimum Gasteiger partial charge on any atom is -0.313 e. The van der Waals surface area contributed by atoms with Gasteiger partial charge in [-0.25, -0.2) is 0 Å². The van der Waals surface area contributed by atoms with Crippen LogP contribution in [0.1, 0.15) is 44.2 Å². The molecule has 0 saturated heterocycles. The summed E-state index contributed by atoms with van der Waals surface area (Å²) in [6.45, 7) is 2.39. The van der Waals surface area contributed by atoms with Gasteiger partial charge in [-0.05, 0) is 48.7 Å². The SMILES string of the molecule is CNC(c1cccc2cnccc12)C1CCCC(C)C1. The number of fused-ring (bicyclic) bond motifs is 1. The molecule has 106 valence electrons. The van der Waals surface area contributed by atoms with Crippen LogP contribution in [0.15, 0.2) is 36.7 Å². The van der Waals surface area contributed by atoms with E-state index >= 15 is 0 Å². The smallest absolute Gasteiger partial charge is 0.0352 e. The molecule has 3 unspecified atom stereocenters. The van der Waals surface area contributed by atoms with Crippen LogP contribution in [0.2, 0.25) is 0 Å². The van der Waals surface area contributed by atoms with Gasteiger partial charge in [-0.1, -0.05) is 38.0 Å². The van der Waals surface area contributed by atoms with E-state index in [1.54, 1.807) is 0 Å². The molecule has 0 amide bonds. The van der Waals surface area contributed by atoms with Gasteiger partial charge in [0.15, 0.2) is 0 Å². The van der Waals surface area contributed by atoms with Crippen LogP contribution in [0, 0.1) is 11.8 Å². The van der Waals surface area contributed by atoms with Crippen molar-refractivity contribution in [2.24, 2.45) is 11.8 Å². The normalized spacial score (nSPS) is 24.7. The second kappa shape index (κ2) is 5.92. The first-order valence-corrected chi connectivity index (χ1v) is 7.79. The van der Waals surface area contributed by atoms with E-state index in [1.165, 1.54) is 42.0 Å². The Kier molecular flexibility index (Phi) is 4.02. The number of rotatable bonds is 3. The Hall–Kier alpha value is -1.41. The molecule has 1 aromatic carbocycles. The van der Waals surface area contributed by atoms with E-state index in [0.29, 0.717) is 6.04 Å². The zero-order chi connectivity index (χ0) is 13.9. The molecule has 3 atom stereocenters. The molecule has 1 aliphatic rings. The van der Waals surface area contributed by atoms with E-state index in [0.717, 1.165) is 11.8 Å². The number of hydrogen-bond acceptors (Lipinski definition) is 2. The van der Waals surface area contributed by atoms with Crippen LogP contribution >= 0.6 is 0 Å². The fourth-order valence-corrected chi connectivity index (χ4v) is 3.85. The maximum absolute atomic E-state index is 4.24. The van der Waals surface area contributed by atoms with Crippen molar-refractivity contribution in [3.05, 3.63) is 42.2 Å². The highest BCUT2D eigenvalue weighted by Gasteiger charge is 2.27. The number of pyridine rings is 1. The Morgan fingerprint density at radius 1 is 1.25 bits per heavy atom. The predicted molar refractivity (Wildman–Crippen MR) is 84.7 cm³/mol. The average molecular weight is 268 g/mol. The first kappa shape index (κ1) is 13.6. The van der Waals surface area contributed by atoms with Crippen LogP contribution in [-0.2, 0) is 0 Å². The van der Waals surface area contributed by atoms with E-state index in [9.17, 15) is 0 Å². The number of hydrogen-bond donors (Lipinski definition) is 1. The third-order valence-electron chi connectivity index (χ3n) is 4.81. The highest BCUT2D eigenvalue weighted by atomic mass is 14.9. The van der Waals surface area contributed by atoms with Gasteiger partial charge in [0.05, 0.1) is 0 Å². The topological polar surface area (TPSA) is 24.9 Å². The maximum Gasteiger partial charge on any atom is 0.0352 e. The summed E-state index contributed by atoms with van der Waals surface area (Å²) in [5.41, 5.74) is 1.44. The van der Waals surface area contributed by atoms with Crippen LogP contribution in [0.3, 0.4) is 0 Å². The van der Waals surface area contributed by atoms with Gasteiger partial charge in [-0.3, -0.25) is 4.98 Å². The second-order valence-corrected chi connectivity index (χ2v) is 6.24. The molecular weight excluding hydrogens is 244 g/mol. The monoisotopic (exact) mass is 268 g/mol. The van der Waals surface area contributed by atoms with Gasteiger partial charge in [0.1, 0.15) is 0 Å². The van der Waals surface area contributed by atoms with Crippen molar-refractivity contribution in [3.8, 4) is 0 Å². The van der Waals surface area contributed by atoms with Crippen molar-refractivity contribution in [3.63, 3.8) is 0 Å². The lowest BCUT2D eigenvalue weighted by atomic mass is 9.76. The molecule has 2 heteroatoms. The highest BCUT2D eigenvalue weighted by molar-refractivity contribution is 5.85. The molecule has 3 rings (SSSR count). The Labute approximate surface area is 121 Å². The van der Waals surface area contributed by atoms with Crippen molar-refractivity contribution >= 4 is 10.8 Å². The van der Waals surface area contributed by atoms with Gasteiger partial charge in [-0.15, -0.1) is 0 Å². The van der Waals surface area contributed by atoms with Gasteiger partial charge in [0.2, 0.25) is 0 Å². The average Bonchev–Trinajstić information content (AvgIpc) is 2.48. The van der Waals surface area contributed by atoms with Crippen LogP contribution in [0.4, 0.5) is 0 Å². The molecule has 0 aliphatic heterocycles. The minimum absolute atomic E-state index is 0.462. The Morgan fingerprint density at radius 3 is 2.95 bits per heavy atom. The highest BCUT2D eigenvalue weighted by Crippen LogP contribution is 2.38. The summed E-state index contributed by atoms with van der Waals surface area (Å²) in [6.07, 6.45) is 9.32. The lowest BCUT2D eigenvalue weighted by Gasteiger charge is -2.34. The summed E-state index contributed by atoms with van der Waals surface area (Å²) >= 11 is 0. The van der Waals surface area contributed by atoms with Crippen molar-refractivity contribution in [2.75, 3.05) is 7.05 Å². The van der Waals surface area contributed by atoms with E-state index in [4.69, 9.17) is 0 Å². The van der Waals surface area contributed by atoms with Gasteiger partial charge in [-0.2, -0.15) is 0 Å². The summed E-state index contributed by atoms with van der Waals surface area (Å²) in [7, 11) is 2.10. The van der Waals surface area contributed by atoms with Gasteiger partial charge < -0.3 is 5.32 Å². The molecule has 1 N–H and O–H groups in total. The summed E-state index contributed by atoms with van der Waals surface area (Å²) in [6, 6.07) is 9.21. The third kappa shape index (κ3) is 2.57. The molecule has 2 aromatic rings. The maximum atomic E-state index is 4.24. The Balaban J connectivity index is 1.98. The van der Waals surface area contributed by atoms with Crippen molar-refractivity contribution in [1.29, 1.82) is 0 Å². The van der Waals surface area contributed by atoms with Crippen LogP contribution in [0.25, 0.3) is 10.8 Å². The predicted octanol–water partition coefficient (Wildman–Crippen LogP) is 4.32. The summed E-state index contributed by atoms with van der Waals surface area (Å²) in [4.78, 5) is 4.24. The molecular formula is C18H24N2. The van der Waals surface area contributed by atoms with Crippen LogP contribution < -0.4 is 5.32 Å². The molecule has 0 bridgehead atoms. The quantitative estimate of drug-likeness (QED) is 0.896. The molecule has 0 spiro atoms. The van der Waals surface area contributed by atoms with E-state index in [1.807, 2.05) is 12.4 Å². The lowest BCUT2D eigenvalue weighted by molar-refractivity contribution is 0.231. The van der Waals surface area contributed by atoms with Gasteiger partial charge >= 0.3 is 0 Å². The lowest BCUT2D eigenvalue weighted by Crippen LogP contribution is -2.29. The summed E-state index contributed by atoms with van der Waals surface area (Å²) < 4.78 is 0. The molecule has 1 aromatic heterocycles. The third-order valence-corrected chi connectivity index (χ3v) is 4.81. The van der Waals surface area contributed by atoms with E-state index in [-0.39, 0.29) is 0 Å². The largest absolute Gasteiger partial charge is 0.313 e. The Morgan fingerprint density at radius 2 is 2.15 bits per heavy atom. The molecule has 1 saturated carbocycles. The van der Waals surface area contributed by atoms with E-state index in [2.05, 4.69) is 48.5 Å². The zero-order valence-electron chi connectivity index (χ0n) is 12.5. The van der Waals surface area contributed by atoms with Gasteiger partial charge in [0.25, 0.3) is 0 Å². The van der Waals surface area contributed by atoms with Crippen LogP contribution in [-0.4, -0.2) is 12.0 Å². The summed E-state index contributed by atoms with van der Waals surface area (Å²) in [5.74, 6) is 1.61.